The molecule has 0 aliphatic carbocycles. The van der Waals surface area contributed by atoms with Gasteiger partial charge < -0.3 is 10.6 Å². The molecule has 4 nitrogen and oxygen atoms in total. The lowest BCUT2D eigenvalue weighted by Gasteiger charge is -2.14. The van der Waals surface area contributed by atoms with Gasteiger partial charge in [-0.3, -0.25) is 4.79 Å². The van der Waals surface area contributed by atoms with E-state index < -0.39 is 0 Å². The topological polar surface area (TPSA) is 64.9 Å². The molecule has 1 rings (SSSR count). The maximum atomic E-state index is 11.0. The van der Waals surface area contributed by atoms with Crippen molar-refractivity contribution in [3.8, 4) is 6.07 Å². The molecular formula is C13H17N3O. The van der Waals surface area contributed by atoms with Gasteiger partial charge in [0.05, 0.1) is 11.6 Å². The van der Waals surface area contributed by atoms with Crippen molar-refractivity contribution in [2.24, 2.45) is 0 Å². The third-order valence-corrected chi connectivity index (χ3v) is 2.60. The highest BCUT2D eigenvalue weighted by atomic mass is 16.1. The van der Waals surface area contributed by atoms with Crippen molar-refractivity contribution in [1.82, 2.24) is 10.6 Å². The molecule has 1 amide bonds. The fourth-order valence-corrected chi connectivity index (χ4v) is 1.52. The summed E-state index contributed by atoms with van der Waals surface area (Å²) < 4.78 is 0. The molecule has 0 fully saturated rings. The molecule has 4 heteroatoms. The standard InChI is InChI=1S/C13H17N3O/c1-10(16-7-6-13(17)15-2)12-5-3-4-11(8-12)9-14/h3-5,8,10,16H,6-7H2,1-2H3,(H,15,17). The van der Waals surface area contributed by atoms with Gasteiger partial charge in [-0.1, -0.05) is 12.1 Å². The predicted molar refractivity (Wildman–Crippen MR) is 66.3 cm³/mol. The van der Waals surface area contributed by atoms with Crippen molar-refractivity contribution in [2.75, 3.05) is 13.6 Å². The maximum Gasteiger partial charge on any atom is 0.221 e. The lowest BCUT2D eigenvalue weighted by Crippen LogP contribution is -2.26. The molecule has 1 aromatic carbocycles. The monoisotopic (exact) mass is 231 g/mol. The van der Waals surface area contributed by atoms with Gasteiger partial charge in [-0.05, 0) is 24.6 Å². The Hall–Kier alpha value is -1.86. The lowest BCUT2D eigenvalue weighted by molar-refractivity contribution is -0.120. The molecule has 0 aliphatic heterocycles. The summed E-state index contributed by atoms with van der Waals surface area (Å²) in [4.78, 5) is 11.0. The van der Waals surface area contributed by atoms with Gasteiger partial charge in [0.2, 0.25) is 5.91 Å². The Labute approximate surface area is 102 Å². The number of rotatable bonds is 5. The number of nitrogens with zero attached hydrogens (tertiary/aromatic N) is 1. The zero-order valence-corrected chi connectivity index (χ0v) is 10.2. The highest BCUT2D eigenvalue weighted by molar-refractivity contribution is 5.75. The van der Waals surface area contributed by atoms with Crippen LogP contribution in [0.15, 0.2) is 24.3 Å². The van der Waals surface area contributed by atoms with Gasteiger partial charge >= 0.3 is 0 Å². The van der Waals surface area contributed by atoms with E-state index in [9.17, 15) is 4.79 Å². The van der Waals surface area contributed by atoms with E-state index in [4.69, 9.17) is 5.26 Å². The summed E-state index contributed by atoms with van der Waals surface area (Å²) in [5.74, 6) is 0.0236. The number of hydrogen-bond donors (Lipinski definition) is 2. The first-order chi connectivity index (χ1) is 8.17. The molecule has 0 aromatic heterocycles. The Morgan fingerprint density at radius 1 is 1.53 bits per heavy atom. The van der Waals surface area contributed by atoms with Crippen molar-refractivity contribution < 1.29 is 4.79 Å². The van der Waals surface area contributed by atoms with E-state index in [0.29, 0.717) is 18.5 Å². The number of amides is 1. The Bertz CT molecular complexity index is 423. The van der Waals surface area contributed by atoms with E-state index >= 15 is 0 Å². The van der Waals surface area contributed by atoms with Crippen LogP contribution in [0.25, 0.3) is 0 Å². The molecule has 1 aromatic rings. The normalized spacial score (nSPS) is 11.6. The van der Waals surface area contributed by atoms with Crippen molar-refractivity contribution in [3.63, 3.8) is 0 Å². The summed E-state index contributed by atoms with van der Waals surface area (Å²) in [6.07, 6.45) is 0.457. The van der Waals surface area contributed by atoms with Gasteiger partial charge in [-0.2, -0.15) is 5.26 Å². The van der Waals surface area contributed by atoms with Gasteiger partial charge in [-0.25, -0.2) is 0 Å². The summed E-state index contributed by atoms with van der Waals surface area (Å²) in [5.41, 5.74) is 1.71. The molecule has 1 atom stereocenters. The minimum absolute atomic E-state index is 0.0236. The van der Waals surface area contributed by atoms with Crippen molar-refractivity contribution >= 4 is 5.91 Å². The molecule has 0 spiro atoms. The fraction of sp³-hybridized carbons (Fsp3) is 0.385. The number of carbonyl (C=O) groups is 1. The first kappa shape index (κ1) is 13.2. The van der Waals surface area contributed by atoms with E-state index in [1.807, 2.05) is 25.1 Å². The lowest BCUT2D eigenvalue weighted by atomic mass is 10.1. The van der Waals surface area contributed by atoms with Crippen molar-refractivity contribution in [3.05, 3.63) is 35.4 Å². The summed E-state index contributed by atoms with van der Waals surface area (Å²) in [7, 11) is 1.63. The molecule has 90 valence electrons. The zero-order chi connectivity index (χ0) is 12.7. The van der Waals surface area contributed by atoms with Crippen LogP contribution in [0.4, 0.5) is 0 Å². The second-order valence-corrected chi connectivity index (χ2v) is 3.84. The molecule has 2 N–H and O–H groups in total. The predicted octanol–water partition coefficient (Wildman–Crippen LogP) is 1.34. The van der Waals surface area contributed by atoms with Gasteiger partial charge in [0.25, 0.3) is 0 Å². The molecular weight excluding hydrogens is 214 g/mol. The number of hydrogen-bond acceptors (Lipinski definition) is 3. The van der Waals surface area contributed by atoms with Crippen LogP contribution in [-0.2, 0) is 4.79 Å². The van der Waals surface area contributed by atoms with E-state index in [1.165, 1.54) is 0 Å². The second kappa shape index (κ2) is 6.66. The van der Waals surface area contributed by atoms with E-state index in [-0.39, 0.29) is 11.9 Å². The summed E-state index contributed by atoms with van der Waals surface area (Å²) in [5, 5.41) is 14.6. The quantitative estimate of drug-likeness (QED) is 0.803. The van der Waals surface area contributed by atoms with Crippen LogP contribution >= 0.6 is 0 Å². The van der Waals surface area contributed by atoms with Crippen LogP contribution in [0.5, 0.6) is 0 Å². The van der Waals surface area contributed by atoms with Gasteiger partial charge in [0.1, 0.15) is 0 Å². The molecule has 0 aliphatic rings. The van der Waals surface area contributed by atoms with E-state index in [1.54, 1.807) is 13.1 Å². The minimum Gasteiger partial charge on any atom is -0.359 e. The van der Waals surface area contributed by atoms with Gasteiger partial charge in [-0.15, -0.1) is 0 Å². The SMILES string of the molecule is CNC(=O)CCNC(C)c1cccc(C#N)c1. The smallest absolute Gasteiger partial charge is 0.221 e. The van der Waals surface area contributed by atoms with E-state index in [2.05, 4.69) is 16.7 Å². The van der Waals surface area contributed by atoms with Crippen LogP contribution < -0.4 is 10.6 Å². The summed E-state index contributed by atoms with van der Waals surface area (Å²) in [6, 6.07) is 9.72. The van der Waals surface area contributed by atoms with Gasteiger partial charge in [0, 0.05) is 26.1 Å². The third kappa shape index (κ3) is 4.25. The van der Waals surface area contributed by atoms with E-state index in [0.717, 1.165) is 5.56 Å². The number of benzene rings is 1. The number of carbonyl (C=O) groups excluding carboxylic acids is 1. The second-order valence-electron chi connectivity index (χ2n) is 3.84. The first-order valence-corrected chi connectivity index (χ1v) is 5.61. The maximum absolute atomic E-state index is 11.0. The Balaban J connectivity index is 2.49. The average Bonchev–Trinajstić information content (AvgIpc) is 2.38. The average molecular weight is 231 g/mol. The molecule has 0 saturated carbocycles. The fourth-order valence-electron chi connectivity index (χ4n) is 1.52. The molecule has 0 heterocycles. The highest BCUT2D eigenvalue weighted by Gasteiger charge is 2.06. The van der Waals surface area contributed by atoms with Crippen LogP contribution in [-0.4, -0.2) is 19.5 Å². The molecule has 17 heavy (non-hydrogen) atoms. The Kier molecular flexibility index (Phi) is 5.18. The van der Waals surface area contributed by atoms with Crippen LogP contribution in [0.3, 0.4) is 0 Å². The third-order valence-electron chi connectivity index (χ3n) is 2.60. The van der Waals surface area contributed by atoms with Gasteiger partial charge in [0.15, 0.2) is 0 Å². The molecule has 0 radical (unpaired) electrons. The minimum atomic E-state index is 0.0236. The van der Waals surface area contributed by atoms with Crippen LogP contribution in [0, 0.1) is 11.3 Å². The van der Waals surface area contributed by atoms with Crippen molar-refractivity contribution in [2.45, 2.75) is 19.4 Å². The summed E-state index contributed by atoms with van der Waals surface area (Å²) >= 11 is 0. The molecule has 0 bridgehead atoms. The first-order valence-electron chi connectivity index (χ1n) is 5.61. The van der Waals surface area contributed by atoms with Crippen molar-refractivity contribution in [1.29, 1.82) is 5.26 Å². The largest absolute Gasteiger partial charge is 0.359 e. The highest BCUT2D eigenvalue weighted by Crippen LogP contribution is 2.13. The molecule has 0 saturated heterocycles. The Morgan fingerprint density at radius 3 is 2.94 bits per heavy atom. The zero-order valence-electron chi connectivity index (χ0n) is 10.2. The molecule has 1 unspecified atom stereocenters. The number of nitrogens with one attached hydrogen (secondary N) is 2. The summed E-state index contributed by atoms with van der Waals surface area (Å²) in [6.45, 7) is 2.64. The van der Waals surface area contributed by atoms with Crippen LogP contribution in [0.2, 0.25) is 0 Å². The number of nitriles is 1. The Morgan fingerprint density at radius 2 is 2.29 bits per heavy atom. The van der Waals surface area contributed by atoms with Crippen LogP contribution in [0.1, 0.15) is 30.5 Å².